The van der Waals surface area contributed by atoms with Crippen LogP contribution in [0.3, 0.4) is 0 Å². The lowest BCUT2D eigenvalue weighted by molar-refractivity contribution is -0.187. The van der Waals surface area contributed by atoms with E-state index in [1.54, 1.807) is 15.8 Å². The first-order valence-corrected chi connectivity index (χ1v) is 8.22. The molecule has 0 spiro atoms. The van der Waals surface area contributed by atoms with Crippen molar-refractivity contribution in [3.8, 4) is 0 Å². The molecule has 23 heavy (non-hydrogen) atoms. The maximum atomic E-state index is 13.0. The maximum absolute atomic E-state index is 13.0. The fourth-order valence-electron chi connectivity index (χ4n) is 3.94. The Labute approximate surface area is 133 Å². The fourth-order valence-corrected chi connectivity index (χ4v) is 3.94. The van der Waals surface area contributed by atoms with Crippen molar-refractivity contribution in [3.05, 3.63) is 18.0 Å². The Morgan fingerprint density at radius 3 is 2.70 bits per heavy atom. The molecule has 1 amide bonds. The Balaban J connectivity index is 1.71. The van der Waals surface area contributed by atoms with Gasteiger partial charge >= 0.3 is 6.18 Å². The van der Waals surface area contributed by atoms with Crippen LogP contribution in [0, 0.1) is 11.8 Å². The third kappa shape index (κ3) is 3.38. The van der Waals surface area contributed by atoms with Crippen molar-refractivity contribution >= 4 is 5.91 Å². The van der Waals surface area contributed by atoms with E-state index in [0.29, 0.717) is 19.4 Å². The third-order valence-electron chi connectivity index (χ3n) is 5.13. The third-order valence-corrected chi connectivity index (χ3v) is 5.13. The van der Waals surface area contributed by atoms with Crippen LogP contribution in [-0.4, -0.2) is 33.3 Å². The summed E-state index contributed by atoms with van der Waals surface area (Å²) in [6.07, 6.45) is 2.33. The standard InChI is InChI=1S/C16H22F3N3O/c1-21-10-12(9-20-21)14-6-3-7-22(14)15(23)11-4-2-5-13(8-11)16(17,18)19/h9-11,13-14H,2-8H2,1H3/t11-,13-,14+/m1/s1. The molecule has 1 aromatic rings. The number of carbonyl (C=O) groups is 1. The predicted octanol–water partition coefficient (Wildman–Crippen LogP) is 3.45. The Morgan fingerprint density at radius 1 is 1.26 bits per heavy atom. The Morgan fingerprint density at radius 2 is 2.04 bits per heavy atom. The number of nitrogens with zero attached hydrogens (tertiary/aromatic N) is 3. The summed E-state index contributed by atoms with van der Waals surface area (Å²) in [5.41, 5.74) is 0.974. The lowest BCUT2D eigenvalue weighted by Crippen LogP contribution is -2.40. The molecule has 2 aliphatic rings. The molecule has 4 nitrogen and oxygen atoms in total. The molecule has 2 fully saturated rings. The van der Waals surface area contributed by atoms with Gasteiger partial charge in [-0.2, -0.15) is 18.3 Å². The molecule has 2 heterocycles. The van der Waals surface area contributed by atoms with Crippen molar-refractivity contribution in [2.45, 2.75) is 50.7 Å². The number of likely N-dealkylation sites (tertiary alicyclic amines) is 1. The molecule has 1 saturated carbocycles. The molecule has 1 aliphatic carbocycles. The summed E-state index contributed by atoms with van der Waals surface area (Å²) in [6, 6.07) is -0.0394. The second-order valence-corrected chi connectivity index (χ2v) is 6.74. The number of hydrogen-bond acceptors (Lipinski definition) is 2. The Hall–Kier alpha value is -1.53. The first-order valence-electron chi connectivity index (χ1n) is 8.22. The van der Waals surface area contributed by atoms with Crippen LogP contribution in [0.4, 0.5) is 13.2 Å². The molecule has 0 bridgehead atoms. The van der Waals surface area contributed by atoms with E-state index in [2.05, 4.69) is 5.10 Å². The second kappa shape index (κ2) is 6.17. The average Bonchev–Trinajstić information content (AvgIpc) is 3.14. The highest BCUT2D eigenvalue weighted by atomic mass is 19.4. The van der Waals surface area contributed by atoms with E-state index in [1.807, 2.05) is 13.2 Å². The lowest BCUT2D eigenvalue weighted by atomic mass is 9.80. The van der Waals surface area contributed by atoms with E-state index in [9.17, 15) is 18.0 Å². The van der Waals surface area contributed by atoms with Crippen LogP contribution in [0.15, 0.2) is 12.4 Å². The number of aryl methyl sites for hydroxylation is 1. The predicted molar refractivity (Wildman–Crippen MR) is 78.4 cm³/mol. The topological polar surface area (TPSA) is 38.1 Å². The van der Waals surface area contributed by atoms with E-state index >= 15 is 0 Å². The monoisotopic (exact) mass is 329 g/mol. The van der Waals surface area contributed by atoms with Gasteiger partial charge < -0.3 is 4.90 Å². The quantitative estimate of drug-likeness (QED) is 0.833. The van der Waals surface area contributed by atoms with Crippen molar-refractivity contribution in [3.63, 3.8) is 0 Å². The molecule has 3 atom stereocenters. The van der Waals surface area contributed by atoms with Crippen LogP contribution in [-0.2, 0) is 11.8 Å². The van der Waals surface area contributed by atoms with Crippen molar-refractivity contribution in [2.24, 2.45) is 18.9 Å². The van der Waals surface area contributed by atoms with Gasteiger partial charge in [-0.05, 0) is 32.1 Å². The highest BCUT2D eigenvalue weighted by Gasteiger charge is 2.45. The normalized spacial score (nSPS) is 29.0. The van der Waals surface area contributed by atoms with E-state index in [4.69, 9.17) is 0 Å². The molecule has 3 rings (SSSR count). The van der Waals surface area contributed by atoms with Crippen LogP contribution in [0.2, 0.25) is 0 Å². The number of hydrogen-bond donors (Lipinski definition) is 0. The highest BCUT2D eigenvalue weighted by Crippen LogP contribution is 2.42. The Bertz CT molecular complexity index is 569. The number of amides is 1. The van der Waals surface area contributed by atoms with E-state index in [1.165, 1.54) is 0 Å². The molecule has 1 saturated heterocycles. The maximum Gasteiger partial charge on any atom is 0.391 e. The van der Waals surface area contributed by atoms with Crippen molar-refractivity contribution in [2.75, 3.05) is 6.54 Å². The highest BCUT2D eigenvalue weighted by molar-refractivity contribution is 5.79. The summed E-state index contributed by atoms with van der Waals surface area (Å²) in [5, 5.41) is 4.14. The lowest BCUT2D eigenvalue weighted by Gasteiger charge is -2.34. The van der Waals surface area contributed by atoms with E-state index in [0.717, 1.165) is 18.4 Å². The van der Waals surface area contributed by atoms with Crippen LogP contribution >= 0.6 is 0 Å². The van der Waals surface area contributed by atoms with Crippen LogP contribution < -0.4 is 0 Å². The van der Waals surface area contributed by atoms with Gasteiger partial charge in [0.15, 0.2) is 0 Å². The zero-order chi connectivity index (χ0) is 16.6. The van der Waals surface area contributed by atoms with Crippen molar-refractivity contribution in [1.29, 1.82) is 0 Å². The molecule has 7 heteroatoms. The first-order chi connectivity index (χ1) is 10.9. The molecule has 0 N–H and O–H groups in total. The Kier molecular flexibility index (Phi) is 4.38. The van der Waals surface area contributed by atoms with Gasteiger partial charge in [0.25, 0.3) is 0 Å². The van der Waals surface area contributed by atoms with Gasteiger partial charge in [-0.3, -0.25) is 9.48 Å². The van der Waals surface area contributed by atoms with Gasteiger partial charge in [0.05, 0.1) is 18.2 Å². The largest absolute Gasteiger partial charge is 0.391 e. The molecule has 0 radical (unpaired) electrons. The van der Waals surface area contributed by atoms with Crippen molar-refractivity contribution < 1.29 is 18.0 Å². The smallest absolute Gasteiger partial charge is 0.335 e. The summed E-state index contributed by atoms with van der Waals surface area (Å²) >= 11 is 0. The second-order valence-electron chi connectivity index (χ2n) is 6.74. The molecule has 0 unspecified atom stereocenters. The summed E-state index contributed by atoms with van der Waals surface area (Å²) in [7, 11) is 1.82. The van der Waals surface area contributed by atoms with Gasteiger partial charge in [0, 0.05) is 31.3 Å². The van der Waals surface area contributed by atoms with Crippen LogP contribution in [0.5, 0.6) is 0 Å². The minimum absolute atomic E-state index is 0.0394. The van der Waals surface area contributed by atoms with E-state index < -0.39 is 18.0 Å². The number of aromatic nitrogens is 2. The van der Waals surface area contributed by atoms with Gasteiger partial charge in [-0.25, -0.2) is 0 Å². The molecular weight excluding hydrogens is 307 g/mol. The molecular formula is C16H22F3N3O. The molecule has 128 valence electrons. The molecule has 1 aliphatic heterocycles. The summed E-state index contributed by atoms with van der Waals surface area (Å²) in [6.45, 7) is 0.631. The number of carbonyl (C=O) groups excluding carboxylic acids is 1. The molecule has 1 aromatic heterocycles. The van der Waals surface area contributed by atoms with Gasteiger partial charge in [-0.15, -0.1) is 0 Å². The summed E-state index contributed by atoms with van der Waals surface area (Å²) in [5.74, 6) is -1.93. The first kappa shape index (κ1) is 16.3. The van der Waals surface area contributed by atoms with Crippen LogP contribution in [0.25, 0.3) is 0 Å². The summed E-state index contributed by atoms with van der Waals surface area (Å²) < 4.78 is 40.6. The fraction of sp³-hybridized carbons (Fsp3) is 0.750. The minimum Gasteiger partial charge on any atom is -0.335 e. The SMILES string of the molecule is Cn1cc([C@@H]2CCCN2C(=O)[C@@H]2CCC[C@@H](C(F)(F)F)C2)cn1. The van der Waals surface area contributed by atoms with Crippen LogP contribution in [0.1, 0.15) is 50.1 Å². The minimum atomic E-state index is -4.19. The summed E-state index contributed by atoms with van der Waals surface area (Å²) in [4.78, 5) is 14.6. The molecule has 0 aromatic carbocycles. The van der Waals surface area contributed by atoms with Gasteiger partial charge in [0.1, 0.15) is 0 Å². The van der Waals surface area contributed by atoms with Gasteiger partial charge in [0.2, 0.25) is 5.91 Å². The van der Waals surface area contributed by atoms with Crippen molar-refractivity contribution in [1.82, 2.24) is 14.7 Å². The zero-order valence-corrected chi connectivity index (χ0v) is 13.2. The average molecular weight is 329 g/mol. The zero-order valence-electron chi connectivity index (χ0n) is 13.2. The number of alkyl halides is 3. The van der Waals surface area contributed by atoms with Gasteiger partial charge in [-0.1, -0.05) is 6.42 Å². The number of rotatable bonds is 2. The van der Waals surface area contributed by atoms with E-state index in [-0.39, 0.29) is 24.8 Å². The number of halogens is 3.